The first kappa shape index (κ1) is 16.5. The van der Waals surface area contributed by atoms with Crippen LogP contribution in [0.5, 0.6) is 0 Å². The molecule has 1 heterocycles. The summed E-state index contributed by atoms with van der Waals surface area (Å²) in [5.74, 6) is 0. The van der Waals surface area contributed by atoms with Gasteiger partial charge in [0.2, 0.25) is 0 Å². The van der Waals surface area contributed by atoms with Crippen molar-refractivity contribution in [3.63, 3.8) is 0 Å². The summed E-state index contributed by atoms with van der Waals surface area (Å²) < 4.78 is 1.28. The predicted molar refractivity (Wildman–Crippen MR) is 91.2 cm³/mol. The highest BCUT2D eigenvalue weighted by Crippen LogP contribution is 2.40. The molecule has 0 saturated heterocycles. The zero-order valence-corrected chi connectivity index (χ0v) is 15.6. The standard InChI is InChI=1S/C14H21BrClSSi/c1-5-10(3)18(11(4)6-2)14(15)13(16)12-8-7-9-17-12/h7-11H,5-6H2,1-4H3/q+1/b14-13+. The van der Waals surface area contributed by atoms with E-state index < -0.39 is 8.80 Å². The smallest absolute Gasteiger partial charge is 0.143 e. The van der Waals surface area contributed by atoms with Crippen molar-refractivity contribution >= 4 is 52.7 Å². The molecule has 0 radical (unpaired) electrons. The van der Waals surface area contributed by atoms with Crippen molar-refractivity contribution in [2.75, 3.05) is 0 Å². The van der Waals surface area contributed by atoms with Crippen LogP contribution in [-0.2, 0) is 0 Å². The maximum Gasteiger partial charge on any atom is 0.367 e. The van der Waals surface area contributed by atoms with Gasteiger partial charge in [0.25, 0.3) is 0 Å². The minimum Gasteiger partial charge on any atom is -0.143 e. The van der Waals surface area contributed by atoms with E-state index in [-0.39, 0.29) is 0 Å². The lowest BCUT2D eigenvalue weighted by molar-refractivity contribution is 0.789. The summed E-state index contributed by atoms with van der Waals surface area (Å²) in [4.78, 5) is 1.18. The fourth-order valence-electron chi connectivity index (χ4n) is 2.00. The predicted octanol–water partition coefficient (Wildman–Crippen LogP) is 6.68. The van der Waals surface area contributed by atoms with Gasteiger partial charge in [0, 0.05) is 4.88 Å². The SMILES string of the molecule is CCC(C)[Si+](/C(Br)=C(/Cl)c1cccs1)C(C)CC. The third kappa shape index (κ3) is 3.96. The molecule has 0 bridgehead atoms. The van der Waals surface area contributed by atoms with Crippen LogP contribution in [0.3, 0.4) is 0 Å². The van der Waals surface area contributed by atoms with Crippen LogP contribution in [0, 0.1) is 0 Å². The Bertz CT molecular complexity index is 379. The van der Waals surface area contributed by atoms with Crippen LogP contribution >= 0.6 is 38.9 Å². The Hall–Kier alpha value is 0.427. The molecule has 0 aliphatic rings. The van der Waals surface area contributed by atoms with Gasteiger partial charge in [-0.3, -0.25) is 0 Å². The highest BCUT2D eigenvalue weighted by atomic mass is 79.9. The largest absolute Gasteiger partial charge is 0.367 e. The lowest BCUT2D eigenvalue weighted by Gasteiger charge is -2.14. The first-order chi connectivity index (χ1) is 8.52. The van der Waals surface area contributed by atoms with Gasteiger partial charge in [0.05, 0.1) is 16.1 Å². The second kappa shape index (κ2) is 7.88. The molecular formula is C14H21BrClSSi+. The average Bonchev–Trinajstić information content (AvgIpc) is 2.91. The second-order valence-corrected chi connectivity index (χ2v) is 10.9. The quantitative estimate of drug-likeness (QED) is 0.493. The molecule has 1 rings (SSSR count). The third-order valence-electron chi connectivity index (χ3n) is 3.47. The Kier molecular flexibility index (Phi) is 7.22. The van der Waals surface area contributed by atoms with Crippen molar-refractivity contribution in [3.05, 3.63) is 26.5 Å². The van der Waals surface area contributed by atoms with Crippen LogP contribution < -0.4 is 0 Å². The maximum atomic E-state index is 6.56. The lowest BCUT2D eigenvalue weighted by Crippen LogP contribution is -2.25. The molecular weight excluding hydrogens is 344 g/mol. The number of rotatable bonds is 6. The second-order valence-electron chi connectivity index (χ2n) is 4.68. The molecule has 2 unspecified atom stereocenters. The lowest BCUT2D eigenvalue weighted by atomic mass is 10.3. The Labute approximate surface area is 130 Å². The Morgan fingerprint density at radius 1 is 1.33 bits per heavy atom. The summed E-state index contributed by atoms with van der Waals surface area (Å²) in [5, 5.41) is 3.01. The Morgan fingerprint density at radius 3 is 2.28 bits per heavy atom. The topological polar surface area (TPSA) is 0 Å². The van der Waals surface area contributed by atoms with Gasteiger partial charge < -0.3 is 0 Å². The van der Waals surface area contributed by atoms with Crippen molar-refractivity contribution in [1.82, 2.24) is 0 Å². The summed E-state index contributed by atoms with van der Waals surface area (Å²) in [6, 6.07) is 4.16. The van der Waals surface area contributed by atoms with Gasteiger partial charge >= 0.3 is 8.80 Å². The van der Waals surface area contributed by atoms with E-state index in [0.29, 0.717) is 0 Å². The van der Waals surface area contributed by atoms with E-state index in [0.717, 1.165) is 16.1 Å². The molecule has 0 spiro atoms. The monoisotopic (exact) mass is 363 g/mol. The summed E-state index contributed by atoms with van der Waals surface area (Å²) in [6.45, 7) is 9.27. The van der Waals surface area contributed by atoms with Gasteiger partial charge in [0.15, 0.2) is 4.11 Å². The normalized spacial score (nSPS) is 16.1. The molecule has 2 atom stereocenters. The molecule has 4 heteroatoms. The van der Waals surface area contributed by atoms with Crippen LogP contribution in [0.15, 0.2) is 21.6 Å². The number of halogens is 2. The van der Waals surface area contributed by atoms with E-state index in [4.69, 9.17) is 11.6 Å². The molecule has 0 aliphatic carbocycles. The van der Waals surface area contributed by atoms with Crippen LogP contribution in [0.1, 0.15) is 45.4 Å². The highest BCUT2D eigenvalue weighted by molar-refractivity contribution is 9.12. The highest BCUT2D eigenvalue weighted by Gasteiger charge is 2.43. The minimum atomic E-state index is -0.633. The summed E-state index contributed by atoms with van der Waals surface area (Å²) in [5.41, 5.74) is 1.49. The molecule has 100 valence electrons. The van der Waals surface area contributed by atoms with E-state index in [1.165, 1.54) is 21.8 Å². The minimum absolute atomic E-state index is 0.633. The number of thiophene rings is 1. The zero-order valence-electron chi connectivity index (χ0n) is 11.5. The third-order valence-corrected chi connectivity index (χ3v) is 10.7. The van der Waals surface area contributed by atoms with Crippen molar-refractivity contribution in [1.29, 1.82) is 0 Å². The summed E-state index contributed by atoms with van der Waals surface area (Å²) in [6.07, 6.45) is 2.45. The van der Waals surface area contributed by atoms with Crippen molar-refractivity contribution in [3.8, 4) is 0 Å². The molecule has 0 aromatic carbocycles. The van der Waals surface area contributed by atoms with Crippen molar-refractivity contribution in [2.45, 2.75) is 51.6 Å². The molecule has 0 nitrogen and oxygen atoms in total. The number of hydrogen-bond donors (Lipinski definition) is 0. The van der Waals surface area contributed by atoms with Crippen LogP contribution in [-0.4, -0.2) is 8.80 Å². The van der Waals surface area contributed by atoms with Gasteiger partial charge in [0.1, 0.15) is 0 Å². The van der Waals surface area contributed by atoms with E-state index in [2.05, 4.69) is 61.1 Å². The molecule has 0 aliphatic heterocycles. The van der Waals surface area contributed by atoms with E-state index in [9.17, 15) is 0 Å². The van der Waals surface area contributed by atoms with E-state index >= 15 is 0 Å². The zero-order chi connectivity index (χ0) is 13.7. The van der Waals surface area contributed by atoms with Gasteiger partial charge in [-0.1, -0.05) is 31.5 Å². The molecule has 0 fully saturated rings. The van der Waals surface area contributed by atoms with Crippen LogP contribution in [0.4, 0.5) is 0 Å². The molecule has 0 amide bonds. The van der Waals surface area contributed by atoms with E-state index in [1.807, 2.05) is 0 Å². The first-order valence-corrected chi connectivity index (χ1v) is 10.2. The van der Waals surface area contributed by atoms with Crippen molar-refractivity contribution in [2.24, 2.45) is 0 Å². The molecule has 1 aromatic rings. The van der Waals surface area contributed by atoms with Gasteiger partial charge in [-0.25, -0.2) is 0 Å². The molecule has 0 N–H and O–H groups in total. The van der Waals surface area contributed by atoms with Gasteiger partial charge in [-0.05, 0) is 54.1 Å². The summed E-state index contributed by atoms with van der Waals surface area (Å²) in [7, 11) is -0.633. The van der Waals surface area contributed by atoms with E-state index in [1.54, 1.807) is 11.3 Å². The summed E-state index contributed by atoms with van der Waals surface area (Å²) >= 11 is 12.1. The molecule has 18 heavy (non-hydrogen) atoms. The first-order valence-electron chi connectivity index (χ1n) is 6.49. The fraction of sp³-hybridized carbons (Fsp3) is 0.571. The van der Waals surface area contributed by atoms with Gasteiger partial charge in [-0.2, -0.15) is 0 Å². The number of hydrogen-bond acceptors (Lipinski definition) is 1. The maximum absolute atomic E-state index is 6.56. The van der Waals surface area contributed by atoms with Crippen LogP contribution in [0.25, 0.3) is 5.03 Å². The van der Waals surface area contributed by atoms with Gasteiger partial charge in [-0.15, -0.1) is 11.3 Å². The fourth-order valence-corrected chi connectivity index (χ4v) is 9.07. The molecule has 0 saturated carbocycles. The van der Waals surface area contributed by atoms with Crippen molar-refractivity contribution < 1.29 is 0 Å². The van der Waals surface area contributed by atoms with Crippen LogP contribution in [0.2, 0.25) is 11.1 Å². The molecule has 1 aromatic heterocycles. The average molecular weight is 365 g/mol. The Morgan fingerprint density at radius 2 is 1.89 bits per heavy atom. The Balaban J connectivity index is 3.08.